The zero-order valence-corrected chi connectivity index (χ0v) is 17.4. The molecule has 2 aromatic carbocycles. The van der Waals surface area contributed by atoms with Crippen molar-refractivity contribution in [1.82, 2.24) is 14.9 Å². The van der Waals surface area contributed by atoms with E-state index in [0.29, 0.717) is 18.0 Å². The molecule has 6 heteroatoms. The monoisotopic (exact) mass is 411 g/mol. The first-order valence-electron chi connectivity index (χ1n) is 10.2. The number of carbonyl (C=O) groups is 1. The molecule has 1 N–H and O–H groups in total. The molecular weight excluding hydrogens is 386 g/mol. The van der Waals surface area contributed by atoms with E-state index in [1.165, 1.54) is 0 Å². The van der Waals surface area contributed by atoms with Gasteiger partial charge in [-0.05, 0) is 68.0 Å². The first kappa shape index (κ1) is 19.9. The Morgan fingerprint density at radius 1 is 1.24 bits per heavy atom. The highest BCUT2D eigenvalue weighted by atomic mass is 35.5. The summed E-state index contributed by atoms with van der Waals surface area (Å²) in [5, 5.41) is 3.86. The Labute approximate surface area is 176 Å². The van der Waals surface area contributed by atoms with E-state index < -0.39 is 0 Å². The predicted molar refractivity (Wildman–Crippen MR) is 115 cm³/mol. The van der Waals surface area contributed by atoms with Gasteiger partial charge in [-0.2, -0.15) is 0 Å². The number of hydrogen-bond donors (Lipinski definition) is 1. The topological polar surface area (TPSA) is 56.1 Å². The minimum absolute atomic E-state index is 0.0429. The molecule has 5 nitrogen and oxygen atoms in total. The summed E-state index contributed by atoms with van der Waals surface area (Å²) in [4.78, 5) is 17.2. The number of nitrogens with zero attached hydrogens (tertiary/aromatic N) is 2. The van der Waals surface area contributed by atoms with E-state index in [9.17, 15) is 4.79 Å². The van der Waals surface area contributed by atoms with Crippen molar-refractivity contribution in [3.63, 3.8) is 0 Å². The van der Waals surface area contributed by atoms with Crippen LogP contribution in [-0.2, 0) is 11.3 Å². The van der Waals surface area contributed by atoms with Crippen LogP contribution in [0.5, 0.6) is 0 Å². The number of carbonyl (C=O) groups excluding carboxylic acids is 1. The van der Waals surface area contributed by atoms with Crippen molar-refractivity contribution in [2.45, 2.75) is 38.8 Å². The second kappa shape index (κ2) is 8.97. The largest absolute Gasteiger partial charge is 0.381 e. The van der Waals surface area contributed by atoms with Crippen LogP contribution in [0.25, 0.3) is 11.0 Å². The minimum Gasteiger partial charge on any atom is -0.381 e. The molecule has 1 aliphatic heterocycles. The number of ether oxygens (including phenoxy) is 1. The molecule has 4 rings (SSSR count). The average molecular weight is 412 g/mol. The van der Waals surface area contributed by atoms with Gasteiger partial charge in [-0.15, -0.1) is 0 Å². The van der Waals surface area contributed by atoms with Crippen LogP contribution in [0.2, 0.25) is 5.02 Å². The lowest BCUT2D eigenvalue weighted by Crippen LogP contribution is -2.35. The van der Waals surface area contributed by atoms with Crippen LogP contribution in [0.4, 0.5) is 0 Å². The fourth-order valence-corrected chi connectivity index (χ4v) is 4.09. The lowest BCUT2D eigenvalue weighted by atomic mass is 9.93. The molecular formula is C23H26ClN3O2. The summed E-state index contributed by atoms with van der Waals surface area (Å²) in [6.07, 6.45) is 4.97. The number of fused-ring (bicyclic) bond motifs is 1. The molecule has 0 radical (unpaired) electrons. The molecule has 1 fully saturated rings. The van der Waals surface area contributed by atoms with E-state index in [1.54, 1.807) is 0 Å². The van der Waals surface area contributed by atoms with Crippen molar-refractivity contribution in [2.75, 3.05) is 13.2 Å². The van der Waals surface area contributed by atoms with Gasteiger partial charge in [0.05, 0.1) is 17.4 Å². The smallest absolute Gasteiger partial charge is 0.251 e. The molecule has 2 heterocycles. The van der Waals surface area contributed by atoms with Crippen LogP contribution in [0.3, 0.4) is 0 Å². The van der Waals surface area contributed by atoms with Gasteiger partial charge in [-0.3, -0.25) is 4.79 Å². The highest BCUT2D eigenvalue weighted by Gasteiger charge is 2.19. The van der Waals surface area contributed by atoms with Crippen LogP contribution in [-0.4, -0.2) is 34.7 Å². The molecule has 3 aromatic rings. The van der Waals surface area contributed by atoms with E-state index in [-0.39, 0.29) is 11.9 Å². The van der Waals surface area contributed by atoms with E-state index in [4.69, 9.17) is 16.3 Å². The maximum atomic E-state index is 12.7. The lowest BCUT2D eigenvalue weighted by molar-refractivity contribution is 0.0605. The zero-order valence-electron chi connectivity index (χ0n) is 16.6. The first-order chi connectivity index (χ1) is 14.1. The maximum absolute atomic E-state index is 12.7. The highest BCUT2D eigenvalue weighted by molar-refractivity contribution is 6.30. The normalized spacial score (nSPS) is 16.1. The summed E-state index contributed by atoms with van der Waals surface area (Å²) >= 11 is 5.96. The number of halogens is 1. The van der Waals surface area contributed by atoms with E-state index in [1.807, 2.05) is 48.8 Å². The van der Waals surface area contributed by atoms with Crippen LogP contribution < -0.4 is 5.32 Å². The SMILES string of the molecule is CC(CC1CCOCC1)NC(=O)c1ccc2c(c1)ncn2Cc1ccc(Cl)cc1. The summed E-state index contributed by atoms with van der Waals surface area (Å²) in [6.45, 7) is 4.45. The molecule has 1 amide bonds. The molecule has 0 saturated carbocycles. The third-order valence-corrected chi connectivity index (χ3v) is 5.81. The second-order valence-electron chi connectivity index (χ2n) is 7.87. The third-order valence-electron chi connectivity index (χ3n) is 5.55. The number of imidazole rings is 1. The molecule has 1 aliphatic rings. The number of nitrogens with one attached hydrogen (secondary N) is 1. The Hall–Kier alpha value is -2.37. The number of hydrogen-bond acceptors (Lipinski definition) is 3. The van der Waals surface area contributed by atoms with Gasteiger partial charge >= 0.3 is 0 Å². The quantitative estimate of drug-likeness (QED) is 0.641. The summed E-state index contributed by atoms with van der Waals surface area (Å²) in [5.41, 5.74) is 3.63. The van der Waals surface area contributed by atoms with Gasteiger partial charge in [-0.1, -0.05) is 23.7 Å². The van der Waals surface area contributed by atoms with Crippen LogP contribution >= 0.6 is 11.6 Å². The fraction of sp³-hybridized carbons (Fsp3) is 0.391. The van der Waals surface area contributed by atoms with Gasteiger partial charge in [0.25, 0.3) is 5.91 Å². The Kier molecular flexibility index (Phi) is 6.16. The molecule has 1 atom stereocenters. The van der Waals surface area contributed by atoms with E-state index >= 15 is 0 Å². The van der Waals surface area contributed by atoms with Gasteiger partial charge < -0.3 is 14.6 Å². The second-order valence-corrected chi connectivity index (χ2v) is 8.30. The molecule has 0 spiro atoms. The van der Waals surface area contributed by atoms with Crippen molar-refractivity contribution in [2.24, 2.45) is 5.92 Å². The van der Waals surface area contributed by atoms with Crippen molar-refractivity contribution in [3.8, 4) is 0 Å². The molecule has 0 bridgehead atoms. The van der Waals surface area contributed by atoms with Gasteiger partial charge in [0.15, 0.2) is 0 Å². The Bertz CT molecular complexity index is 977. The van der Waals surface area contributed by atoms with Crippen molar-refractivity contribution in [3.05, 3.63) is 64.9 Å². The lowest BCUT2D eigenvalue weighted by Gasteiger charge is -2.25. The predicted octanol–water partition coefficient (Wildman–Crippen LogP) is 4.67. The third kappa shape index (κ3) is 4.98. The van der Waals surface area contributed by atoms with Gasteiger partial charge in [-0.25, -0.2) is 4.98 Å². The minimum atomic E-state index is -0.0429. The number of aromatic nitrogens is 2. The van der Waals surface area contributed by atoms with Gasteiger partial charge in [0.2, 0.25) is 0 Å². The molecule has 1 unspecified atom stereocenters. The first-order valence-corrected chi connectivity index (χ1v) is 10.5. The summed E-state index contributed by atoms with van der Waals surface area (Å²) in [5.74, 6) is 0.587. The number of rotatable bonds is 6. The molecule has 1 aromatic heterocycles. The zero-order chi connectivity index (χ0) is 20.2. The number of benzene rings is 2. The molecule has 152 valence electrons. The summed E-state index contributed by atoms with van der Waals surface area (Å²) in [7, 11) is 0. The summed E-state index contributed by atoms with van der Waals surface area (Å²) < 4.78 is 7.49. The van der Waals surface area contributed by atoms with E-state index in [0.717, 1.165) is 54.1 Å². The average Bonchev–Trinajstić information content (AvgIpc) is 3.12. The van der Waals surface area contributed by atoms with Crippen molar-refractivity contribution in [1.29, 1.82) is 0 Å². The number of amides is 1. The molecule has 0 aliphatic carbocycles. The Morgan fingerprint density at radius 2 is 2.00 bits per heavy atom. The van der Waals surface area contributed by atoms with Gasteiger partial charge in [0.1, 0.15) is 0 Å². The van der Waals surface area contributed by atoms with Crippen molar-refractivity contribution < 1.29 is 9.53 Å². The summed E-state index contributed by atoms with van der Waals surface area (Å²) in [6, 6.07) is 13.6. The maximum Gasteiger partial charge on any atom is 0.251 e. The fourth-order valence-electron chi connectivity index (χ4n) is 3.97. The highest BCUT2D eigenvalue weighted by Crippen LogP contribution is 2.21. The Balaban J connectivity index is 1.41. The molecule has 1 saturated heterocycles. The standard InChI is InChI=1S/C23H26ClN3O2/c1-16(12-17-8-10-29-11-9-17)26-23(28)19-4-7-22-21(13-19)25-15-27(22)14-18-2-5-20(24)6-3-18/h2-7,13,15-17H,8-12,14H2,1H3,(H,26,28). The van der Waals surface area contributed by atoms with Crippen molar-refractivity contribution >= 4 is 28.5 Å². The Morgan fingerprint density at radius 3 is 2.76 bits per heavy atom. The van der Waals surface area contributed by atoms with Crippen LogP contribution in [0.15, 0.2) is 48.8 Å². The molecule has 29 heavy (non-hydrogen) atoms. The van der Waals surface area contributed by atoms with E-state index in [2.05, 4.69) is 21.8 Å². The van der Waals surface area contributed by atoms with Crippen LogP contribution in [0, 0.1) is 5.92 Å². The van der Waals surface area contributed by atoms with Gasteiger partial charge in [0, 0.05) is 36.4 Å². The van der Waals surface area contributed by atoms with Crippen LogP contribution in [0.1, 0.15) is 42.1 Å².